The van der Waals surface area contributed by atoms with Crippen molar-refractivity contribution in [3.05, 3.63) is 52.9 Å². The van der Waals surface area contributed by atoms with Crippen molar-refractivity contribution in [1.82, 2.24) is 14.5 Å². The van der Waals surface area contributed by atoms with E-state index in [1.165, 1.54) is 0 Å². The van der Waals surface area contributed by atoms with Gasteiger partial charge in [-0.25, -0.2) is 9.37 Å². The first kappa shape index (κ1) is 17.9. The number of rotatable bonds is 4. The summed E-state index contributed by atoms with van der Waals surface area (Å²) in [5, 5.41) is 0.550. The number of aromatic nitrogens is 3. The second-order valence-electron chi connectivity index (χ2n) is 6.26. The molecule has 0 fully saturated rings. The van der Waals surface area contributed by atoms with Crippen LogP contribution in [0.4, 0.5) is 4.39 Å². The van der Waals surface area contributed by atoms with E-state index in [0.29, 0.717) is 36.2 Å². The Morgan fingerprint density at radius 2 is 2.11 bits per heavy atom. The van der Waals surface area contributed by atoms with Gasteiger partial charge in [0.2, 0.25) is 0 Å². The highest BCUT2D eigenvalue weighted by Gasteiger charge is 2.22. The first-order chi connectivity index (χ1) is 13.2. The largest absolute Gasteiger partial charge is 0.495 e. The number of pyridine rings is 1. The smallest absolute Gasteiger partial charge is 0.141 e. The van der Waals surface area contributed by atoms with Crippen molar-refractivity contribution in [3.63, 3.8) is 0 Å². The molecule has 0 unspecified atom stereocenters. The number of halogens is 2. The van der Waals surface area contributed by atoms with E-state index < -0.39 is 6.67 Å². The minimum absolute atomic E-state index is 0.397. The standard InChI is InChI=1S/C20H19ClFN3O2/c1-26-18-11-14(2-3-16(18)21)20-24-19(13-4-6-23-15(10-13)12-22)17-5-8-27-9-7-25(17)20/h2-4,6,10-11H,5,7-9,12H2,1H3. The fourth-order valence-electron chi connectivity index (χ4n) is 3.36. The molecule has 5 nitrogen and oxygen atoms in total. The maximum atomic E-state index is 13.1. The third-order valence-electron chi connectivity index (χ3n) is 4.65. The van der Waals surface area contributed by atoms with Gasteiger partial charge in [-0.3, -0.25) is 4.98 Å². The summed E-state index contributed by atoms with van der Waals surface area (Å²) >= 11 is 6.17. The Morgan fingerprint density at radius 1 is 1.22 bits per heavy atom. The lowest BCUT2D eigenvalue weighted by Gasteiger charge is -2.10. The second-order valence-corrected chi connectivity index (χ2v) is 6.67. The summed E-state index contributed by atoms with van der Waals surface area (Å²) in [6.45, 7) is 1.34. The van der Waals surface area contributed by atoms with Gasteiger partial charge >= 0.3 is 0 Å². The number of hydrogen-bond donors (Lipinski definition) is 0. The molecule has 0 saturated heterocycles. The molecule has 0 saturated carbocycles. The molecule has 7 heteroatoms. The summed E-state index contributed by atoms with van der Waals surface area (Å²) in [7, 11) is 1.59. The first-order valence-corrected chi connectivity index (χ1v) is 9.11. The molecule has 4 rings (SSSR count). The van der Waals surface area contributed by atoms with Crippen LogP contribution in [-0.4, -0.2) is 34.9 Å². The van der Waals surface area contributed by atoms with Crippen molar-refractivity contribution in [2.45, 2.75) is 19.6 Å². The number of imidazole rings is 1. The van der Waals surface area contributed by atoms with Crippen LogP contribution < -0.4 is 4.74 Å². The van der Waals surface area contributed by atoms with Crippen LogP contribution >= 0.6 is 11.6 Å². The van der Waals surface area contributed by atoms with Gasteiger partial charge in [0, 0.05) is 36.0 Å². The molecule has 0 amide bonds. The van der Waals surface area contributed by atoms with Gasteiger partial charge in [-0.2, -0.15) is 0 Å². The monoisotopic (exact) mass is 387 g/mol. The lowest BCUT2D eigenvalue weighted by molar-refractivity contribution is 0.140. The molecule has 140 valence electrons. The van der Waals surface area contributed by atoms with Crippen LogP contribution in [0.25, 0.3) is 22.6 Å². The number of hydrogen-bond acceptors (Lipinski definition) is 4. The third kappa shape index (κ3) is 3.42. The first-order valence-electron chi connectivity index (χ1n) is 8.73. The molecule has 0 spiro atoms. The van der Waals surface area contributed by atoms with Crippen LogP contribution in [0.15, 0.2) is 36.5 Å². The SMILES string of the molecule is COc1cc(-c2nc(-c3ccnc(CF)c3)c3n2CCOCC3)ccc1Cl. The zero-order chi connectivity index (χ0) is 18.8. The number of benzene rings is 1. The van der Waals surface area contributed by atoms with E-state index in [4.69, 9.17) is 26.1 Å². The Balaban J connectivity index is 1.89. The topological polar surface area (TPSA) is 49.2 Å². The lowest BCUT2D eigenvalue weighted by Crippen LogP contribution is -2.05. The molecular formula is C20H19ClFN3O2. The van der Waals surface area contributed by atoms with Crippen molar-refractivity contribution < 1.29 is 13.9 Å². The number of ether oxygens (including phenoxy) is 2. The maximum absolute atomic E-state index is 13.1. The van der Waals surface area contributed by atoms with E-state index >= 15 is 0 Å². The van der Waals surface area contributed by atoms with E-state index in [1.54, 1.807) is 25.4 Å². The summed E-state index contributed by atoms with van der Waals surface area (Å²) in [5.41, 5.74) is 4.07. The van der Waals surface area contributed by atoms with Crippen LogP contribution in [0.1, 0.15) is 11.4 Å². The summed E-state index contributed by atoms with van der Waals surface area (Å²) in [5.74, 6) is 1.42. The normalized spacial score (nSPS) is 13.9. The van der Waals surface area contributed by atoms with E-state index in [2.05, 4.69) is 9.55 Å². The molecule has 2 aromatic heterocycles. The zero-order valence-electron chi connectivity index (χ0n) is 14.9. The Morgan fingerprint density at radius 3 is 2.93 bits per heavy atom. The third-order valence-corrected chi connectivity index (χ3v) is 4.96. The highest BCUT2D eigenvalue weighted by Crippen LogP contribution is 2.34. The number of fused-ring (bicyclic) bond motifs is 1. The quantitative estimate of drug-likeness (QED) is 0.669. The van der Waals surface area contributed by atoms with Gasteiger partial charge in [0.25, 0.3) is 0 Å². The molecule has 3 aromatic rings. The summed E-state index contributed by atoms with van der Waals surface area (Å²) < 4.78 is 26.3. The molecule has 0 N–H and O–H groups in total. The maximum Gasteiger partial charge on any atom is 0.141 e. The number of nitrogens with zero attached hydrogens (tertiary/aromatic N) is 3. The highest BCUT2D eigenvalue weighted by molar-refractivity contribution is 6.32. The fourth-order valence-corrected chi connectivity index (χ4v) is 3.55. The van der Waals surface area contributed by atoms with Crippen LogP contribution in [-0.2, 0) is 24.4 Å². The summed E-state index contributed by atoms with van der Waals surface area (Å²) in [4.78, 5) is 8.96. The van der Waals surface area contributed by atoms with Gasteiger partial charge < -0.3 is 14.0 Å². The molecule has 1 aliphatic rings. The molecule has 0 aliphatic carbocycles. The van der Waals surface area contributed by atoms with Gasteiger partial charge in [-0.05, 0) is 30.3 Å². The van der Waals surface area contributed by atoms with Gasteiger partial charge in [-0.15, -0.1) is 0 Å². The van der Waals surface area contributed by atoms with Crippen molar-refractivity contribution in [3.8, 4) is 28.4 Å². The summed E-state index contributed by atoms with van der Waals surface area (Å²) in [6, 6.07) is 9.22. The summed E-state index contributed by atoms with van der Waals surface area (Å²) in [6.07, 6.45) is 2.36. The van der Waals surface area contributed by atoms with Gasteiger partial charge in [0.05, 0.1) is 36.7 Å². The Hall–Kier alpha value is -2.44. The number of methoxy groups -OCH3 is 1. The molecule has 0 bridgehead atoms. The van der Waals surface area contributed by atoms with Crippen LogP contribution in [0.2, 0.25) is 5.02 Å². The average molecular weight is 388 g/mol. The average Bonchev–Trinajstić information content (AvgIpc) is 2.89. The molecule has 3 heterocycles. The molecule has 0 radical (unpaired) electrons. The second kappa shape index (κ2) is 7.66. The molecule has 1 aromatic carbocycles. The minimum Gasteiger partial charge on any atom is -0.495 e. The number of alkyl halides is 1. The van der Waals surface area contributed by atoms with E-state index in [1.807, 2.05) is 18.2 Å². The van der Waals surface area contributed by atoms with Gasteiger partial charge in [0.1, 0.15) is 18.2 Å². The Kier molecular flexibility index (Phi) is 5.09. The van der Waals surface area contributed by atoms with E-state index in [9.17, 15) is 4.39 Å². The minimum atomic E-state index is -0.603. The zero-order valence-corrected chi connectivity index (χ0v) is 15.7. The van der Waals surface area contributed by atoms with Crippen LogP contribution in [0, 0.1) is 0 Å². The Bertz CT molecular complexity index is 974. The molecule has 27 heavy (non-hydrogen) atoms. The predicted molar refractivity (Wildman–Crippen MR) is 102 cm³/mol. The predicted octanol–water partition coefficient (Wildman–Crippen LogP) is 4.32. The lowest BCUT2D eigenvalue weighted by atomic mass is 10.1. The van der Waals surface area contributed by atoms with E-state index in [0.717, 1.165) is 34.8 Å². The van der Waals surface area contributed by atoms with Crippen molar-refractivity contribution in [2.75, 3.05) is 20.3 Å². The Labute approximate surface area is 161 Å². The highest BCUT2D eigenvalue weighted by atomic mass is 35.5. The molecule has 1 aliphatic heterocycles. The molecule has 0 atom stereocenters. The fraction of sp³-hybridized carbons (Fsp3) is 0.300. The van der Waals surface area contributed by atoms with Crippen molar-refractivity contribution in [1.29, 1.82) is 0 Å². The molecular weight excluding hydrogens is 369 g/mol. The van der Waals surface area contributed by atoms with E-state index in [-0.39, 0.29) is 0 Å². The van der Waals surface area contributed by atoms with Crippen molar-refractivity contribution >= 4 is 11.6 Å². The van der Waals surface area contributed by atoms with Crippen LogP contribution in [0.3, 0.4) is 0 Å². The van der Waals surface area contributed by atoms with Gasteiger partial charge in [0.15, 0.2) is 0 Å². The van der Waals surface area contributed by atoms with Crippen LogP contribution in [0.5, 0.6) is 5.75 Å². The van der Waals surface area contributed by atoms with Gasteiger partial charge in [-0.1, -0.05) is 11.6 Å². The van der Waals surface area contributed by atoms with Crippen molar-refractivity contribution in [2.24, 2.45) is 0 Å².